The molecule has 104 valence electrons. The molecule has 0 fully saturated rings. The first-order valence-electron chi connectivity index (χ1n) is 5.76. The van der Waals surface area contributed by atoms with Crippen LogP contribution in [0.5, 0.6) is 5.75 Å². The topological polar surface area (TPSA) is 94.6 Å². The van der Waals surface area contributed by atoms with Gasteiger partial charge >= 0.3 is 5.88 Å². The maximum absolute atomic E-state index is 11.8. The van der Waals surface area contributed by atoms with Crippen LogP contribution in [0, 0.1) is 10.1 Å². The first-order chi connectivity index (χ1) is 9.61. The minimum atomic E-state index is -0.697. The van der Waals surface area contributed by atoms with Crippen molar-refractivity contribution in [2.75, 3.05) is 7.11 Å². The Hall–Kier alpha value is -2.83. The molecule has 0 radical (unpaired) electrons. The fourth-order valence-electron chi connectivity index (χ4n) is 1.66. The predicted molar refractivity (Wildman–Crippen MR) is 69.5 cm³/mol. The lowest BCUT2D eigenvalue weighted by atomic mass is 10.2. The smallest absolute Gasteiger partial charge is 0.433 e. The zero-order valence-corrected chi connectivity index (χ0v) is 10.7. The second-order valence-corrected chi connectivity index (χ2v) is 3.89. The number of carbonyl (C=O) groups is 1. The number of amides is 1. The number of nitro groups is 1. The van der Waals surface area contributed by atoms with E-state index in [-0.39, 0.29) is 12.3 Å². The Kier molecular flexibility index (Phi) is 3.99. The number of hydrogen-bond donors (Lipinski definition) is 1. The fourth-order valence-corrected chi connectivity index (χ4v) is 1.66. The molecule has 2 aromatic rings. The highest BCUT2D eigenvalue weighted by Crippen LogP contribution is 2.18. The van der Waals surface area contributed by atoms with Crippen molar-refractivity contribution >= 4 is 11.8 Å². The minimum Gasteiger partial charge on any atom is -0.496 e. The van der Waals surface area contributed by atoms with Crippen LogP contribution in [0.4, 0.5) is 5.88 Å². The SMILES string of the molecule is COc1ccccc1CNC(=O)c1ccc([N+](=O)[O-])o1. The van der Waals surface area contributed by atoms with E-state index in [1.165, 1.54) is 13.2 Å². The van der Waals surface area contributed by atoms with Gasteiger partial charge in [-0.05, 0) is 12.1 Å². The summed E-state index contributed by atoms with van der Waals surface area (Å²) in [5.74, 6) is -0.443. The van der Waals surface area contributed by atoms with E-state index in [0.29, 0.717) is 5.75 Å². The van der Waals surface area contributed by atoms with Crippen molar-refractivity contribution in [3.8, 4) is 5.75 Å². The summed E-state index contributed by atoms with van der Waals surface area (Å²) in [6.07, 6.45) is 0. The highest BCUT2D eigenvalue weighted by molar-refractivity contribution is 5.91. The third-order valence-electron chi connectivity index (χ3n) is 2.63. The highest BCUT2D eigenvalue weighted by Gasteiger charge is 2.17. The molecule has 1 N–H and O–H groups in total. The third kappa shape index (κ3) is 2.94. The number of nitrogens with zero attached hydrogens (tertiary/aromatic N) is 1. The Morgan fingerprint density at radius 3 is 2.75 bits per heavy atom. The number of carbonyl (C=O) groups excluding carboxylic acids is 1. The lowest BCUT2D eigenvalue weighted by molar-refractivity contribution is -0.402. The summed E-state index contributed by atoms with van der Waals surface area (Å²) < 4.78 is 9.96. The molecule has 1 amide bonds. The van der Waals surface area contributed by atoms with Crippen molar-refractivity contribution in [2.45, 2.75) is 6.54 Å². The number of hydrogen-bond acceptors (Lipinski definition) is 5. The average molecular weight is 276 g/mol. The molecule has 7 nitrogen and oxygen atoms in total. The number of nitrogens with one attached hydrogen (secondary N) is 1. The Morgan fingerprint density at radius 2 is 2.10 bits per heavy atom. The Morgan fingerprint density at radius 1 is 1.35 bits per heavy atom. The van der Waals surface area contributed by atoms with Gasteiger partial charge in [-0.25, -0.2) is 0 Å². The molecule has 0 spiro atoms. The van der Waals surface area contributed by atoms with E-state index < -0.39 is 16.7 Å². The molecule has 0 aliphatic heterocycles. The van der Waals surface area contributed by atoms with Crippen molar-refractivity contribution in [2.24, 2.45) is 0 Å². The van der Waals surface area contributed by atoms with E-state index in [4.69, 9.17) is 9.15 Å². The third-order valence-corrected chi connectivity index (χ3v) is 2.63. The number of methoxy groups -OCH3 is 1. The first-order valence-corrected chi connectivity index (χ1v) is 5.76. The van der Waals surface area contributed by atoms with E-state index >= 15 is 0 Å². The van der Waals surface area contributed by atoms with E-state index in [0.717, 1.165) is 11.6 Å². The summed E-state index contributed by atoms with van der Waals surface area (Å²) in [6, 6.07) is 9.62. The molecule has 1 aromatic carbocycles. The van der Waals surface area contributed by atoms with Crippen molar-refractivity contribution in [3.63, 3.8) is 0 Å². The van der Waals surface area contributed by atoms with Gasteiger partial charge in [-0.3, -0.25) is 14.9 Å². The first kappa shape index (κ1) is 13.6. The second-order valence-electron chi connectivity index (χ2n) is 3.89. The van der Waals surface area contributed by atoms with Crippen molar-refractivity contribution in [1.82, 2.24) is 5.32 Å². The van der Waals surface area contributed by atoms with Crippen LogP contribution in [0.3, 0.4) is 0 Å². The molecule has 20 heavy (non-hydrogen) atoms. The zero-order chi connectivity index (χ0) is 14.5. The lowest BCUT2D eigenvalue weighted by Crippen LogP contribution is -2.22. The van der Waals surface area contributed by atoms with Gasteiger partial charge < -0.3 is 14.5 Å². The molecule has 0 aliphatic carbocycles. The van der Waals surface area contributed by atoms with E-state index in [2.05, 4.69) is 5.32 Å². The molecule has 1 heterocycles. The molecule has 0 aliphatic rings. The van der Waals surface area contributed by atoms with Gasteiger partial charge in [-0.15, -0.1) is 0 Å². The maximum atomic E-state index is 11.8. The molecule has 0 saturated carbocycles. The van der Waals surface area contributed by atoms with Crippen LogP contribution >= 0.6 is 0 Å². The summed E-state index contributed by atoms with van der Waals surface area (Å²) in [7, 11) is 1.54. The monoisotopic (exact) mass is 276 g/mol. The van der Waals surface area contributed by atoms with Gasteiger partial charge in [0.1, 0.15) is 10.7 Å². The molecular formula is C13H12N2O5. The molecule has 0 saturated heterocycles. The summed E-state index contributed by atoms with van der Waals surface area (Å²) in [5.41, 5.74) is 0.796. The van der Waals surface area contributed by atoms with E-state index in [1.54, 1.807) is 6.07 Å². The molecule has 0 unspecified atom stereocenters. The van der Waals surface area contributed by atoms with Crippen molar-refractivity contribution in [1.29, 1.82) is 0 Å². The standard InChI is InChI=1S/C13H12N2O5/c1-19-10-5-3-2-4-9(10)8-14-13(16)11-6-7-12(20-11)15(17)18/h2-7H,8H2,1H3,(H,14,16). The fraction of sp³-hybridized carbons (Fsp3) is 0.154. The van der Waals surface area contributed by atoms with Gasteiger partial charge in [0.2, 0.25) is 0 Å². The van der Waals surface area contributed by atoms with Crippen molar-refractivity contribution < 1.29 is 18.9 Å². The Labute approximate surface area is 114 Å². The van der Waals surface area contributed by atoms with Crippen molar-refractivity contribution in [3.05, 3.63) is 57.8 Å². The van der Waals surface area contributed by atoms with Crippen LogP contribution < -0.4 is 10.1 Å². The second kappa shape index (κ2) is 5.87. The van der Waals surface area contributed by atoms with Gasteiger partial charge in [0.25, 0.3) is 5.91 Å². The molecule has 1 aromatic heterocycles. The van der Waals surface area contributed by atoms with Gasteiger partial charge in [0.15, 0.2) is 5.76 Å². The molecular weight excluding hydrogens is 264 g/mol. The van der Waals surface area contributed by atoms with Gasteiger partial charge in [0, 0.05) is 12.1 Å². The zero-order valence-electron chi connectivity index (χ0n) is 10.7. The van der Waals surface area contributed by atoms with Crippen LogP contribution in [0.1, 0.15) is 16.1 Å². The van der Waals surface area contributed by atoms with Gasteiger partial charge in [0.05, 0.1) is 13.2 Å². The van der Waals surface area contributed by atoms with E-state index in [9.17, 15) is 14.9 Å². The van der Waals surface area contributed by atoms with Crippen LogP contribution in [0.2, 0.25) is 0 Å². The number of ether oxygens (including phenoxy) is 1. The summed E-state index contributed by atoms with van der Waals surface area (Å²) in [6.45, 7) is 0.233. The summed E-state index contributed by atoms with van der Waals surface area (Å²) >= 11 is 0. The number of para-hydroxylation sites is 1. The van der Waals surface area contributed by atoms with Crippen LogP contribution in [0.25, 0.3) is 0 Å². The highest BCUT2D eigenvalue weighted by atomic mass is 16.6. The normalized spacial score (nSPS) is 10.1. The molecule has 0 atom stereocenters. The van der Waals surface area contributed by atoms with E-state index in [1.807, 2.05) is 18.2 Å². The average Bonchev–Trinajstić information content (AvgIpc) is 2.95. The van der Waals surface area contributed by atoms with Crippen LogP contribution in [0.15, 0.2) is 40.8 Å². The van der Waals surface area contributed by atoms with Crippen LogP contribution in [-0.2, 0) is 6.54 Å². The quantitative estimate of drug-likeness (QED) is 0.666. The molecule has 7 heteroatoms. The molecule has 0 bridgehead atoms. The maximum Gasteiger partial charge on any atom is 0.433 e. The van der Waals surface area contributed by atoms with Gasteiger partial charge in [-0.1, -0.05) is 18.2 Å². The van der Waals surface area contributed by atoms with Gasteiger partial charge in [-0.2, -0.15) is 0 Å². The van der Waals surface area contributed by atoms with Crippen LogP contribution in [-0.4, -0.2) is 17.9 Å². The number of furan rings is 1. The Balaban J connectivity index is 2.03. The lowest BCUT2D eigenvalue weighted by Gasteiger charge is -2.08. The number of benzene rings is 1. The largest absolute Gasteiger partial charge is 0.496 e. The molecule has 2 rings (SSSR count). The Bertz CT molecular complexity index is 635. The minimum absolute atomic E-state index is 0.105. The summed E-state index contributed by atoms with van der Waals surface area (Å²) in [4.78, 5) is 21.6. The predicted octanol–water partition coefficient (Wildman–Crippen LogP) is 2.13. The summed E-state index contributed by atoms with van der Waals surface area (Å²) in [5, 5.41) is 13.1. The number of rotatable bonds is 5.